The number of nitrogens with one attached hydrogen (secondary N) is 3. The van der Waals surface area contributed by atoms with Crippen LogP contribution in [-0.4, -0.2) is 73.4 Å². The number of benzene rings is 1. The normalized spacial score (nSPS) is 18.5. The molecule has 0 bridgehead atoms. The lowest BCUT2D eigenvalue weighted by Gasteiger charge is -2.35. The van der Waals surface area contributed by atoms with Crippen molar-refractivity contribution in [3.8, 4) is 22.7 Å². The van der Waals surface area contributed by atoms with Gasteiger partial charge in [0.05, 0.1) is 46.4 Å². The lowest BCUT2D eigenvalue weighted by Crippen LogP contribution is -2.49. The second-order valence-corrected chi connectivity index (χ2v) is 12.4. The largest absolute Gasteiger partial charge is 0.494 e. The predicted molar refractivity (Wildman–Crippen MR) is 155 cm³/mol. The monoisotopic (exact) mass is 589 g/mol. The third-order valence-electron chi connectivity index (χ3n) is 7.56. The molecule has 216 valence electrons. The Labute approximate surface area is 239 Å². The average Bonchev–Trinajstić information content (AvgIpc) is 3.65. The van der Waals surface area contributed by atoms with Crippen molar-refractivity contribution in [1.82, 2.24) is 34.7 Å². The molecule has 2 aliphatic rings. The third-order valence-corrected chi connectivity index (χ3v) is 9.43. The van der Waals surface area contributed by atoms with Crippen molar-refractivity contribution in [3.63, 3.8) is 0 Å². The number of amides is 1. The Balaban J connectivity index is 1.30. The van der Waals surface area contributed by atoms with Crippen molar-refractivity contribution < 1.29 is 23.1 Å². The molecule has 0 saturated heterocycles. The number of hydrogen-bond acceptors (Lipinski definition) is 9. The molecule has 5 aromatic rings. The summed E-state index contributed by atoms with van der Waals surface area (Å²) in [5.41, 5.74) is 3.78. The number of aromatic nitrogens is 6. The van der Waals surface area contributed by atoms with E-state index >= 15 is 0 Å². The number of carbonyl (C=O) groups is 1. The van der Waals surface area contributed by atoms with E-state index in [0.29, 0.717) is 60.0 Å². The molecule has 4 aromatic heterocycles. The molecular formula is C27H27N9O5S. The van der Waals surface area contributed by atoms with Crippen molar-refractivity contribution >= 4 is 44.2 Å². The minimum absolute atomic E-state index is 0.0259. The molecule has 14 nitrogen and oxygen atoms in total. The third kappa shape index (κ3) is 4.70. The maximum atomic E-state index is 12.5. The number of methoxy groups -OCH3 is 1. The Morgan fingerprint density at radius 1 is 1.12 bits per heavy atom. The first kappa shape index (κ1) is 26.0. The van der Waals surface area contributed by atoms with Crippen LogP contribution >= 0.6 is 0 Å². The molecule has 0 unspecified atom stereocenters. The summed E-state index contributed by atoms with van der Waals surface area (Å²) in [5, 5.41) is 24.6. The zero-order valence-electron chi connectivity index (χ0n) is 22.4. The number of anilines is 2. The van der Waals surface area contributed by atoms with Gasteiger partial charge in [-0.05, 0) is 49.9 Å². The van der Waals surface area contributed by atoms with E-state index < -0.39 is 16.1 Å². The van der Waals surface area contributed by atoms with Gasteiger partial charge in [0, 0.05) is 36.7 Å². The standard InChI is InChI=1S/C27H27N9O5S/c1-41-24-11-15(34-42(39,40)18-4-5-18)3-6-22(24)36-23-12-21(19-14-30-35-8-2-7-28-26(19)35)29-13-20(23)25(33-36)31-16-9-17(10-16)32-27(37)38/h2-3,6-8,11-14,16-18,32,34H,4-5,9-10H2,1H3,(H,31,33)(H,37,38). The number of carboxylic acid groups (broad SMARTS) is 1. The number of hydrogen-bond donors (Lipinski definition) is 4. The fourth-order valence-electron chi connectivity index (χ4n) is 5.22. The second-order valence-electron chi connectivity index (χ2n) is 10.5. The molecule has 0 atom stereocenters. The average molecular weight is 590 g/mol. The van der Waals surface area contributed by atoms with Gasteiger partial charge in [0.1, 0.15) is 11.4 Å². The summed E-state index contributed by atoms with van der Waals surface area (Å²) in [4.78, 5) is 20.2. The van der Waals surface area contributed by atoms with Gasteiger partial charge in [-0.1, -0.05) is 0 Å². The molecule has 42 heavy (non-hydrogen) atoms. The smallest absolute Gasteiger partial charge is 0.404 e. The Kier molecular flexibility index (Phi) is 6.11. The summed E-state index contributed by atoms with van der Waals surface area (Å²) < 4.78 is 36.8. The molecule has 1 aromatic carbocycles. The van der Waals surface area contributed by atoms with Crippen LogP contribution in [0.4, 0.5) is 16.3 Å². The lowest BCUT2D eigenvalue weighted by molar-refractivity contribution is 0.180. The lowest BCUT2D eigenvalue weighted by atomic mass is 9.87. The summed E-state index contributed by atoms with van der Waals surface area (Å²) >= 11 is 0. The molecule has 2 aliphatic carbocycles. The fraction of sp³-hybridized carbons (Fsp3) is 0.296. The van der Waals surface area contributed by atoms with Crippen LogP contribution in [0.25, 0.3) is 33.5 Å². The minimum atomic E-state index is -3.45. The molecule has 4 N–H and O–H groups in total. The molecule has 0 radical (unpaired) electrons. The summed E-state index contributed by atoms with van der Waals surface area (Å²) in [5.74, 6) is 1.01. The topological polar surface area (TPSA) is 178 Å². The van der Waals surface area contributed by atoms with Gasteiger partial charge in [-0.15, -0.1) is 5.10 Å². The van der Waals surface area contributed by atoms with E-state index in [9.17, 15) is 13.2 Å². The summed E-state index contributed by atoms with van der Waals surface area (Å²) in [6.07, 6.45) is 8.48. The zero-order valence-corrected chi connectivity index (χ0v) is 23.2. The summed E-state index contributed by atoms with van der Waals surface area (Å²) in [6.45, 7) is 0. The predicted octanol–water partition coefficient (Wildman–Crippen LogP) is 3.25. The summed E-state index contributed by atoms with van der Waals surface area (Å²) in [7, 11) is -1.93. The Morgan fingerprint density at radius 3 is 2.71 bits per heavy atom. The number of pyridine rings is 1. The van der Waals surface area contributed by atoms with Crippen molar-refractivity contribution in [2.24, 2.45) is 0 Å². The molecule has 0 spiro atoms. The maximum absolute atomic E-state index is 12.5. The van der Waals surface area contributed by atoms with Crippen LogP contribution in [-0.2, 0) is 10.0 Å². The van der Waals surface area contributed by atoms with E-state index in [1.807, 2.05) is 12.3 Å². The highest BCUT2D eigenvalue weighted by Gasteiger charge is 2.36. The zero-order chi connectivity index (χ0) is 29.0. The van der Waals surface area contributed by atoms with Gasteiger partial charge in [0.25, 0.3) is 0 Å². The van der Waals surface area contributed by atoms with Crippen molar-refractivity contribution in [1.29, 1.82) is 0 Å². The van der Waals surface area contributed by atoms with Gasteiger partial charge in [0.15, 0.2) is 11.5 Å². The molecular weight excluding hydrogens is 562 g/mol. The first-order chi connectivity index (χ1) is 20.3. The van der Waals surface area contributed by atoms with E-state index in [2.05, 4.69) is 25.4 Å². The van der Waals surface area contributed by atoms with Gasteiger partial charge in [-0.3, -0.25) is 9.71 Å². The van der Waals surface area contributed by atoms with Crippen LogP contribution in [0.3, 0.4) is 0 Å². The van der Waals surface area contributed by atoms with Crippen LogP contribution in [0.2, 0.25) is 0 Å². The van der Waals surface area contributed by atoms with Gasteiger partial charge in [-0.25, -0.2) is 27.4 Å². The highest BCUT2D eigenvalue weighted by molar-refractivity contribution is 7.93. The van der Waals surface area contributed by atoms with Crippen LogP contribution in [0, 0.1) is 0 Å². The van der Waals surface area contributed by atoms with Crippen LogP contribution in [0.15, 0.2) is 55.1 Å². The number of nitrogens with zero attached hydrogens (tertiary/aromatic N) is 6. The first-order valence-corrected chi connectivity index (χ1v) is 15.0. The van der Waals surface area contributed by atoms with Gasteiger partial charge in [0.2, 0.25) is 10.0 Å². The molecule has 7 rings (SSSR count). The van der Waals surface area contributed by atoms with E-state index in [1.165, 1.54) is 7.11 Å². The number of ether oxygens (including phenoxy) is 1. The van der Waals surface area contributed by atoms with Crippen molar-refractivity contribution in [2.75, 3.05) is 17.1 Å². The van der Waals surface area contributed by atoms with E-state index in [4.69, 9.17) is 19.9 Å². The maximum Gasteiger partial charge on any atom is 0.404 e. The first-order valence-electron chi connectivity index (χ1n) is 13.4. The van der Waals surface area contributed by atoms with Crippen molar-refractivity contribution in [2.45, 2.75) is 43.0 Å². The Morgan fingerprint density at radius 2 is 1.95 bits per heavy atom. The highest BCUT2D eigenvalue weighted by atomic mass is 32.2. The quantitative estimate of drug-likeness (QED) is 0.199. The van der Waals surface area contributed by atoms with Gasteiger partial charge < -0.3 is 20.5 Å². The molecule has 15 heteroatoms. The molecule has 1 amide bonds. The molecule has 0 aliphatic heterocycles. The SMILES string of the molecule is COc1cc(NS(=O)(=O)C2CC2)ccc1-n1nc(NC2CC(NC(=O)O)C2)c2cnc(-c3cnn4cccnc34)cc21. The second kappa shape index (κ2) is 9.87. The van der Waals surface area contributed by atoms with E-state index in [0.717, 1.165) is 16.5 Å². The van der Waals surface area contributed by atoms with E-state index in [1.54, 1.807) is 52.1 Å². The van der Waals surface area contributed by atoms with Crippen LogP contribution in [0.1, 0.15) is 25.7 Å². The Bertz CT molecular complexity index is 1940. The number of rotatable bonds is 9. The number of sulfonamides is 1. The summed E-state index contributed by atoms with van der Waals surface area (Å²) in [6, 6.07) is 8.69. The molecule has 2 saturated carbocycles. The molecule has 4 heterocycles. The Hall–Kier alpha value is -4.92. The minimum Gasteiger partial charge on any atom is -0.494 e. The fourth-order valence-corrected chi connectivity index (χ4v) is 6.60. The van der Waals surface area contributed by atoms with E-state index in [-0.39, 0.29) is 17.3 Å². The van der Waals surface area contributed by atoms with Crippen molar-refractivity contribution in [3.05, 3.63) is 55.1 Å². The number of fused-ring (bicyclic) bond motifs is 2. The molecule has 2 fully saturated rings. The van der Waals surface area contributed by atoms with Crippen LogP contribution < -0.4 is 20.1 Å². The highest BCUT2D eigenvalue weighted by Crippen LogP contribution is 2.36. The van der Waals surface area contributed by atoms with Gasteiger partial charge >= 0.3 is 6.09 Å². The van der Waals surface area contributed by atoms with Gasteiger partial charge in [-0.2, -0.15) is 5.10 Å². The van der Waals surface area contributed by atoms with Crippen LogP contribution in [0.5, 0.6) is 5.75 Å².